The van der Waals surface area contributed by atoms with Crippen LogP contribution < -0.4 is 18.5 Å². The summed E-state index contributed by atoms with van der Waals surface area (Å²) in [4.78, 5) is 12.4. The molecule has 0 radical (unpaired) electrons. The molecule has 1 aliphatic rings. The van der Waals surface area contributed by atoms with E-state index in [0.29, 0.717) is 16.5 Å². The molecular weight excluding hydrogens is 456 g/mol. The molecule has 32 heavy (non-hydrogen) atoms. The van der Waals surface area contributed by atoms with Crippen molar-refractivity contribution in [3.63, 3.8) is 0 Å². The van der Waals surface area contributed by atoms with Gasteiger partial charge in [0.25, 0.3) is 0 Å². The van der Waals surface area contributed by atoms with Crippen LogP contribution in [0.5, 0.6) is 11.5 Å². The van der Waals surface area contributed by atoms with Crippen molar-refractivity contribution in [2.45, 2.75) is 25.2 Å². The number of methoxy groups -OCH3 is 2. The van der Waals surface area contributed by atoms with E-state index in [-0.39, 0.29) is 28.6 Å². The number of amides is 1. The van der Waals surface area contributed by atoms with Crippen LogP contribution in [0.25, 0.3) is 0 Å². The Morgan fingerprint density at radius 3 is 2.31 bits per heavy atom. The monoisotopic (exact) mass is 482 g/mol. The van der Waals surface area contributed by atoms with Gasteiger partial charge in [-0.2, -0.15) is 0 Å². The summed E-state index contributed by atoms with van der Waals surface area (Å²) in [5.74, 6) is -0.298. The summed E-state index contributed by atoms with van der Waals surface area (Å²) in [7, 11) is -5.16. The molecule has 0 spiro atoms. The van der Waals surface area contributed by atoms with Crippen LogP contribution in [0.1, 0.15) is 19.4 Å². The molecule has 2 aromatic rings. The molecule has 1 amide bonds. The normalized spacial score (nSPS) is 17.4. The van der Waals surface area contributed by atoms with Gasteiger partial charge in [-0.25, -0.2) is 25.9 Å². The third-order valence-corrected chi connectivity index (χ3v) is 8.64. The van der Waals surface area contributed by atoms with Crippen LogP contribution in [0.4, 0.5) is 5.69 Å². The number of para-hydroxylation sites is 1. The van der Waals surface area contributed by atoms with Gasteiger partial charge in [0, 0.05) is 6.54 Å². The summed E-state index contributed by atoms with van der Waals surface area (Å²) in [5, 5.41) is 0. The lowest BCUT2D eigenvalue weighted by atomic mass is 9.95. The number of sulfonamides is 2. The Balaban J connectivity index is 1.90. The minimum atomic E-state index is -4.08. The number of hydrogen-bond donors (Lipinski definition) is 1. The van der Waals surface area contributed by atoms with Gasteiger partial charge in [0.2, 0.25) is 26.0 Å². The van der Waals surface area contributed by atoms with Crippen molar-refractivity contribution in [2.24, 2.45) is 5.41 Å². The molecular formula is C21H26N2O7S2. The summed E-state index contributed by atoms with van der Waals surface area (Å²) >= 11 is 0. The van der Waals surface area contributed by atoms with E-state index in [0.717, 1.165) is 11.6 Å². The predicted octanol–water partition coefficient (Wildman–Crippen LogP) is 1.93. The Morgan fingerprint density at radius 1 is 1.06 bits per heavy atom. The van der Waals surface area contributed by atoms with Crippen LogP contribution >= 0.6 is 0 Å². The first-order chi connectivity index (χ1) is 14.9. The zero-order valence-electron chi connectivity index (χ0n) is 18.3. The van der Waals surface area contributed by atoms with Crippen molar-refractivity contribution >= 4 is 31.6 Å². The largest absolute Gasteiger partial charge is 0.496 e. The minimum Gasteiger partial charge on any atom is -0.496 e. The third kappa shape index (κ3) is 4.59. The maximum absolute atomic E-state index is 13.0. The van der Waals surface area contributed by atoms with E-state index in [1.807, 2.05) is 18.2 Å². The number of nitrogens with zero attached hydrogens (tertiary/aromatic N) is 1. The van der Waals surface area contributed by atoms with Gasteiger partial charge in [0.1, 0.15) is 16.4 Å². The van der Waals surface area contributed by atoms with Crippen molar-refractivity contribution < 1.29 is 31.1 Å². The molecule has 0 unspecified atom stereocenters. The second-order valence-electron chi connectivity index (χ2n) is 8.00. The standard InChI is InChI=1S/C21H26N2O7S2/c1-21(2)14-31(25,26)23(20(21)24)16-9-10-18(30-4)19(13-16)32(27,28)22-12-11-15-7-5-6-8-17(15)29-3/h5-10,13,22H,11-12,14H2,1-4H3. The van der Waals surface area contributed by atoms with Crippen molar-refractivity contribution in [2.75, 3.05) is 30.8 Å². The number of anilines is 1. The van der Waals surface area contributed by atoms with Gasteiger partial charge in [-0.05, 0) is 50.1 Å². The zero-order chi connectivity index (χ0) is 23.7. The lowest BCUT2D eigenvalue weighted by Crippen LogP contribution is -2.33. The van der Waals surface area contributed by atoms with E-state index in [1.165, 1.54) is 40.2 Å². The van der Waals surface area contributed by atoms with Crippen LogP contribution in [0, 0.1) is 5.41 Å². The molecule has 1 saturated heterocycles. The molecule has 0 saturated carbocycles. The van der Waals surface area contributed by atoms with Crippen LogP contribution in [-0.4, -0.2) is 49.3 Å². The molecule has 3 rings (SSSR count). The highest BCUT2D eigenvalue weighted by molar-refractivity contribution is 7.94. The van der Waals surface area contributed by atoms with E-state index in [2.05, 4.69) is 4.72 Å². The summed E-state index contributed by atoms with van der Waals surface area (Å²) in [5.41, 5.74) is -0.328. The second-order valence-corrected chi connectivity index (χ2v) is 11.6. The van der Waals surface area contributed by atoms with E-state index in [4.69, 9.17) is 9.47 Å². The minimum absolute atomic E-state index is 0.0295. The summed E-state index contributed by atoms with van der Waals surface area (Å²) < 4.78 is 64.8. The van der Waals surface area contributed by atoms with Crippen molar-refractivity contribution in [3.8, 4) is 11.5 Å². The first kappa shape index (κ1) is 24.0. The maximum Gasteiger partial charge on any atom is 0.247 e. The predicted molar refractivity (Wildman–Crippen MR) is 120 cm³/mol. The molecule has 0 bridgehead atoms. The van der Waals surface area contributed by atoms with Crippen molar-refractivity contribution in [1.82, 2.24) is 4.72 Å². The number of carbonyl (C=O) groups is 1. The molecule has 11 heteroatoms. The highest BCUT2D eigenvalue weighted by Gasteiger charge is 2.50. The highest BCUT2D eigenvalue weighted by Crippen LogP contribution is 2.38. The molecule has 0 atom stereocenters. The van der Waals surface area contributed by atoms with Crippen LogP contribution in [0.15, 0.2) is 47.4 Å². The van der Waals surface area contributed by atoms with E-state index < -0.39 is 31.4 Å². The molecule has 0 aromatic heterocycles. The first-order valence-electron chi connectivity index (χ1n) is 9.80. The number of carbonyl (C=O) groups excluding carboxylic acids is 1. The van der Waals surface area contributed by atoms with Gasteiger partial charge in [-0.15, -0.1) is 0 Å². The Labute approximate surface area is 188 Å². The number of ether oxygens (including phenoxy) is 2. The van der Waals surface area contributed by atoms with Crippen molar-refractivity contribution in [3.05, 3.63) is 48.0 Å². The number of hydrogen-bond acceptors (Lipinski definition) is 7. The number of benzene rings is 2. The average molecular weight is 483 g/mol. The Hall–Kier alpha value is -2.63. The summed E-state index contributed by atoms with van der Waals surface area (Å²) in [6.07, 6.45) is 0.373. The molecule has 9 nitrogen and oxygen atoms in total. The Kier molecular flexibility index (Phi) is 6.55. The Morgan fingerprint density at radius 2 is 1.72 bits per heavy atom. The zero-order valence-corrected chi connectivity index (χ0v) is 19.9. The molecule has 174 valence electrons. The summed E-state index contributed by atoms with van der Waals surface area (Å²) in [6, 6.07) is 11.1. The van der Waals surface area contributed by atoms with Crippen LogP contribution in [0.2, 0.25) is 0 Å². The molecule has 2 aromatic carbocycles. The fourth-order valence-electron chi connectivity index (χ4n) is 3.57. The van der Waals surface area contributed by atoms with Crippen molar-refractivity contribution in [1.29, 1.82) is 0 Å². The summed E-state index contributed by atoms with van der Waals surface area (Å²) in [6.45, 7) is 3.14. The van der Waals surface area contributed by atoms with Gasteiger partial charge in [0.15, 0.2) is 0 Å². The smallest absolute Gasteiger partial charge is 0.247 e. The van der Waals surface area contributed by atoms with Crippen LogP contribution in [0.3, 0.4) is 0 Å². The fraction of sp³-hybridized carbons (Fsp3) is 0.381. The Bertz CT molecular complexity index is 1240. The highest BCUT2D eigenvalue weighted by atomic mass is 32.2. The molecule has 1 heterocycles. The van der Waals surface area contributed by atoms with E-state index in [1.54, 1.807) is 6.07 Å². The molecule has 1 aliphatic heterocycles. The topological polar surface area (TPSA) is 119 Å². The van der Waals surface area contributed by atoms with Gasteiger partial charge in [0.05, 0.1) is 31.1 Å². The van der Waals surface area contributed by atoms with Gasteiger partial charge < -0.3 is 9.47 Å². The average Bonchev–Trinajstić information content (AvgIpc) is 2.90. The molecule has 1 fully saturated rings. The number of nitrogens with one attached hydrogen (secondary N) is 1. The van der Waals surface area contributed by atoms with Crippen LogP contribution in [-0.2, 0) is 31.3 Å². The van der Waals surface area contributed by atoms with Gasteiger partial charge >= 0.3 is 0 Å². The molecule has 1 N–H and O–H groups in total. The lowest BCUT2D eigenvalue weighted by Gasteiger charge is -2.19. The number of rotatable bonds is 8. The van der Waals surface area contributed by atoms with Gasteiger partial charge in [-0.3, -0.25) is 4.79 Å². The van der Waals surface area contributed by atoms with Gasteiger partial charge in [-0.1, -0.05) is 18.2 Å². The lowest BCUT2D eigenvalue weighted by molar-refractivity contribution is -0.123. The first-order valence-corrected chi connectivity index (χ1v) is 12.9. The molecule has 0 aliphatic carbocycles. The third-order valence-electron chi connectivity index (χ3n) is 5.14. The SMILES string of the molecule is COc1ccccc1CCNS(=O)(=O)c1cc(N2C(=O)C(C)(C)CS2(=O)=O)ccc1OC. The fourth-order valence-corrected chi connectivity index (χ4v) is 6.89. The second kappa shape index (κ2) is 8.72. The van der Waals surface area contributed by atoms with E-state index >= 15 is 0 Å². The maximum atomic E-state index is 13.0. The quantitative estimate of drug-likeness (QED) is 0.611. The van der Waals surface area contributed by atoms with E-state index in [9.17, 15) is 21.6 Å².